The van der Waals surface area contributed by atoms with Gasteiger partial charge < -0.3 is 4.98 Å². The van der Waals surface area contributed by atoms with Crippen LogP contribution in [0.3, 0.4) is 0 Å². The summed E-state index contributed by atoms with van der Waals surface area (Å²) in [6.07, 6.45) is 4.77. The fourth-order valence-electron chi connectivity index (χ4n) is 1.42. The highest BCUT2D eigenvalue weighted by Gasteiger charge is 2.18. The third-order valence-corrected chi connectivity index (χ3v) is 3.73. The zero-order chi connectivity index (χ0) is 13.0. The number of rotatable bonds is 4. The Balaban J connectivity index is 2.23. The molecule has 0 aliphatic rings. The van der Waals surface area contributed by atoms with E-state index >= 15 is 0 Å². The molecule has 0 spiro atoms. The van der Waals surface area contributed by atoms with Gasteiger partial charge in [-0.15, -0.1) is 0 Å². The van der Waals surface area contributed by atoms with E-state index in [0.29, 0.717) is 0 Å². The molecule has 2 rings (SSSR count). The summed E-state index contributed by atoms with van der Waals surface area (Å²) in [6.45, 7) is 0.158. The fourth-order valence-corrected chi connectivity index (χ4v) is 2.54. The van der Waals surface area contributed by atoms with Gasteiger partial charge in [0.2, 0.25) is 10.0 Å². The lowest BCUT2D eigenvalue weighted by Crippen LogP contribution is -2.24. The van der Waals surface area contributed by atoms with Gasteiger partial charge in [0.1, 0.15) is 11.0 Å². The second-order valence-corrected chi connectivity index (χ2v) is 5.24. The molecule has 0 aromatic carbocycles. The number of aromatic nitrogens is 2. The summed E-state index contributed by atoms with van der Waals surface area (Å²) in [7, 11) is -3.73. The molecule has 2 aromatic heterocycles. The Kier molecular flexibility index (Phi) is 3.41. The van der Waals surface area contributed by atoms with Crippen molar-refractivity contribution < 1.29 is 8.42 Å². The zero-order valence-electron chi connectivity index (χ0n) is 9.29. The largest absolute Gasteiger partial charge is 0.367 e. The number of hydrogen-bond donors (Lipinski definition) is 2. The molecule has 0 unspecified atom stereocenters. The van der Waals surface area contributed by atoms with Crippen LogP contribution in [0.2, 0.25) is 0 Å². The van der Waals surface area contributed by atoms with Crippen LogP contribution in [-0.4, -0.2) is 18.4 Å². The summed E-state index contributed by atoms with van der Waals surface area (Å²) in [5, 5.41) is 8.82. The lowest BCUT2D eigenvalue weighted by atomic mass is 10.4. The predicted octanol–water partition coefficient (Wildman–Crippen LogP) is 0.760. The Labute approximate surface area is 104 Å². The van der Waals surface area contributed by atoms with E-state index in [1.807, 2.05) is 0 Å². The van der Waals surface area contributed by atoms with E-state index in [-0.39, 0.29) is 17.1 Å². The molecule has 18 heavy (non-hydrogen) atoms. The number of pyridine rings is 1. The van der Waals surface area contributed by atoms with Crippen LogP contribution in [0.1, 0.15) is 11.3 Å². The minimum atomic E-state index is -3.73. The number of sulfonamides is 1. The smallest absolute Gasteiger partial charge is 0.243 e. The van der Waals surface area contributed by atoms with Crippen molar-refractivity contribution in [2.45, 2.75) is 11.4 Å². The Bertz CT molecular complexity index is 671. The first-order chi connectivity index (χ1) is 8.63. The second kappa shape index (κ2) is 5.00. The van der Waals surface area contributed by atoms with E-state index in [1.54, 1.807) is 24.5 Å². The summed E-state index contributed by atoms with van der Waals surface area (Å²) in [4.78, 5) is 6.44. The monoisotopic (exact) mass is 262 g/mol. The summed E-state index contributed by atoms with van der Waals surface area (Å²) in [5.41, 5.74) is 0.694. The molecule has 0 bridgehead atoms. The molecule has 7 heteroatoms. The number of nitrogens with one attached hydrogen (secondary N) is 2. The highest BCUT2D eigenvalue weighted by atomic mass is 32.2. The Morgan fingerprint density at radius 2 is 2.28 bits per heavy atom. The van der Waals surface area contributed by atoms with Crippen molar-refractivity contribution in [2.75, 3.05) is 0 Å². The maximum atomic E-state index is 12.0. The van der Waals surface area contributed by atoms with E-state index in [0.717, 1.165) is 5.56 Å². The molecule has 0 atom stereocenters. The first-order valence-corrected chi connectivity index (χ1v) is 6.58. The molecule has 2 aromatic rings. The SMILES string of the molecule is N#Cc1ncccc1S(=O)(=O)NCc1cc[nH]c1. The van der Waals surface area contributed by atoms with Crippen LogP contribution >= 0.6 is 0 Å². The second-order valence-electron chi connectivity index (χ2n) is 3.51. The van der Waals surface area contributed by atoms with Crippen LogP contribution in [0.4, 0.5) is 0 Å². The maximum absolute atomic E-state index is 12.0. The van der Waals surface area contributed by atoms with Gasteiger partial charge in [0.25, 0.3) is 0 Å². The molecular weight excluding hydrogens is 252 g/mol. The third kappa shape index (κ3) is 2.56. The lowest BCUT2D eigenvalue weighted by Gasteiger charge is -2.06. The number of H-pyrrole nitrogens is 1. The van der Waals surface area contributed by atoms with Crippen molar-refractivity contribution >= 4 is 10.0 Å². The lowest BCUT2D eigenvalue weighted by molar-refractivity contribution is 0.580. The number of aromatic amines is 1. The van der Waals surface area contributed by atoms with E-state index in [4.69, 9.17) is 5.26 Å². The molecule has 0 fully saturated rings. The van der Waals surface area contributed by atoms with E-state index in [9.17, 15) is 8.42 Å². The number of nitrogens with zero attached hydrogens (tertiary/aromatic N) is 2. The van der Waals surface area contributed by atoms with E-state index in [1.165, 1.54) is 18.3 Å². The molecule has 0 aliphatic heterocycles. The van der Waals surface area contributed by atoms with E-state index < -0.39 is 10.0 Å². The van der Waals surface area contributed by atoms with Crippen molar-refractivity contribution in [1.29, 1.82) is 5.26 Å². The van der Waals surface area contributed by atoms with Crippen LogP contribution in [-0.2, 0) is 16.6 Å². The molecule has 0 saturated carbocycles. The highest BCUT2D eigenvalue weighted by molar-refractivity contribution is 7.89. The molecule has 0 amide bonds. The average Bonchev–Trinajstić information content (AvgIpc) is 2.89. The van der Waals surface area contributed by atoms with Crippen LogP contribution in [0, 0.1) is 11.3 Å². The van der Waals surface area contributed by atoms with Crippen LogP contribution in [0.5, 0.6) is 0 Å². The summed E-state index contributed by atoms with van der Waals surface area (Å²) >= 11 is 0. The minimum Gasteiger partial charge on any atom is -0.367 e. The maximum Gasteiger partial charge on any atom is 0.243 e. The Morgan fingerprint density at radius 1 is 1.44 bits per heavy atom. The first kappa shape index (κ1) is 12.3. The molecule has 6 nitrogen and oxygen atoms in total. The summed E-state index contributed by atoms with van der Waals surface area (Å²) < 4.78 is 26.4. The van der Waals surface area contributed by atoms with Gasteiger partial charge in [-0.1, -0.05) is 0 Å². The van der Waals surface area contributed by atoms with Gasteiger partial charge >= 0.3 is 0 Å². The van der Waals surface area contributed by atoms with Crippen LogP contribution in [0.25, 0.3) is 0 Å². The Hall–Kier alpha value is -2.17. The topological polar surface area (TPSA) is 98.6 Å². The molecule has 2 N–H and O–H groups in total. The van der Waals surface area contributed by atoms with E-state index in [2.05, 4.69) is 14.7 Å². The molecule has 0 aliphatic carbocycles. The Morgan fingerprint density at radius 3 is 2.94 bits per heavy atom. The van der Waals surface area contributed by atoms with Gasteiger partial charge in [-0.25, -0.2) is 18.1 Å². The minimum absolute atomic E-state index is 0.108. The van der Waals surface area contributed by atoms with Crippen molar-refractivity contribution in [1.82, 2.24) is 14.7 Å². The quantitative estimate of drug-likeness (QED) is 0.849. The summed E-state index contributed by atoms with van der Waals surface area (Å²) in [6, 6.07) is 6.35. The van der Waals surface area contributed by atoms with Crippen LogP contribution < -0.4 is 4.72 Å². The van der Waals surface area contributed by atoms with Gasteiger partial charge in [-0.05, 0) is 23.8 Å². The normalized spacial score (nSPS) is 11.1. The zero-order valence-corrected chi connectivity index (χ0v) is 10.1. The van der Waals surface area contributed by atoms with Crippen molar-refractivity contribution in [3.8, 4) is 6.07 Å². The molecule has 92 valence electrons. The van der Waals surface area contributed by atoms with Gasteiger partial charge in [0, 0.05) is 25.1 Å². The van der Waals surface area contributed by atoms with Crippen molar-refractivity contribution in [3.63, 3.8) is 0 Å². The van der Waals surface area contributed by atoms with Gasteiger partial charge in [-0.2, -0.15) is 5.26 Å². The third-order valence-electron chi connectivity index (χ3n) is 2.29. The standard InChI is InChI=1S/C11H10N4O2S/c12-6-10-11(2-1-4-14-10)18(16,17)15-8-9-3-5-13-7-9/h1-5,7,13,15H,8H2. The van der Waals surface area contributed by atoms with Crippen molar-refractivity contribution in [2.24, 2.45) is 0 Å². The summed E-state index contributed by atoms with van der Waals surface area (Å²) in [5.74, 6) is 0. The van der Waals surface area contributed by atoms with Crippen molar-refractivity contribution in [3.05, 3.63) is 48.0 Å². The molecular formula is C11H10N4O2S. The fraction of sp³-hybridized carbons (Fsp3) is 0.0909. The molecule has 2 heterocycles. The van der Waals surface area contributed by atoms with Crippen LogP contribution in [0.15, 0.2) is 41.7 Å². The average molecular weight is 262 g/mol. The number of hydrogen-bond acceptors (Lipinski definition) is 4. The van der Waals surface area contributed by atoms with Gasteiger partial charge in [-0.3, -0.25) is 0 Å². The number of nitriles is 1. The highest BCUT2D eigenvalue weighted by Crippen LogP contribution is 2.12. The first-order valence-electron chi connectivity index (χ1n) is 5.10. The molecule has 0 radical (unpaired) electrons. The predicted molar refractivity (Wildman–Crippen MR) is 63.8 cm³/mol. The van der Waals surface area contributed by atoms with Gasteiger partial charge in [0.15, 0.2) is 5.69 Å². The van der Waals surface area contributed by atoms with Gasteiger partial charge in [0.05, 0.1) is 0 Å². The molecule has 0 saturated heterocycles.